The Hall–Kier alpha value is -1.87. The number of fused-ring (bicyclic) bond motifs is 2. The van der Waals surface area contributed by atoms with Crippen LogP contribution in [-0.4, -0.2) is 36.4 Å². The minimum atomic E-state index is 0.0365. The third-order valence-corrected chi connectivity index (χ3v) is 8.07. The van der Waals surface area contributed by atoms with Crippen molar-refractivity contribution in [3.63, 3.8) is 0 Å². The SMILES string of the molecule is C/C=C1/C[N+]2(CCCCC)CCC34C(=C(C=O)C1CC32)Nc1ccccc14. The van der Waals surface area contributed by atoms with Gasteiger partial charge in [0.2, 0.25) is 0 Å². The number of quaternary nitrogens is 1. The molecule has 0 radical (unpaired) electrons. The van der Waals surface area contributed by atoms with E-state index in [0.717, 1.165) is 24.8 Å². The summed E-state index contributed by atoms with van der Waals surface area (Å²) in [5, 5.41) is 3.72. The molecule has 3 aliphatic heterocycles. The maximum atomic E-state index is 12.2. The van der Waals surface area contributed by atoms with Crippen LogP contribution in [0.5, 0.6) is 0 Å². The molecule has 2 bridgehead atoms. The monoisotopic (exact) mass is 363 g/mol. The van der Waals surface area contributed by atoms with Gasteiger partial charge in [0.15, 0.2) is 0 Å². The van der Waals surface area contributed by atoms with E-state index in [2.05, 4.69) is 49.5 Å². The summed E-state index contributed by atoms with van der Waals surface area (Å²) < 4.78 is 1.24. The Morgan fingerprint density at radius 2 is 2.15 bits per heavy atom. The molecule has 2 fully saturated rings. The van der Waals surface area contributed by atoms with Crippen molar-refractivity contribution in [3.8, 4) is 0 Å². The van der Waals surface area contributed by atoms with Crippen molar-refractivity contribution in [2.24, 2.45) is 5.92 Å². The first-order valence-electron chi connectivity index (χ1n) is 10.8. The van der Waals surface area contributed by atoms with E-state index in [1.807, 2.05) is 0 Å². The van der Waals surface area contributed by atoms with Crippen LogP contribution in [0.1, 0.15) is 51.5 Å². The number of hydrogen-bond acceptors (Lipinski definition) is 2. The van der Waals surface area contributed by atoms with Gasteiger partial charge in [0.05, 0.1) is 18.5 Å². The summed E-state index contributed by atoms with van der Waals surface area (Å²) in [5.41, 5.74) is 6.48. The Labute approximate surface area is 162 Å². The van der Waals surface area contributed by atoms with Gasteiger partial charge in [0.1, 0.15) is 18.9 Å². The summed E-state index contributed by atoms with van der Waals surface area (Å²) in [6.45, 7) is 8.13. The molecule has 1 aromatic rings. The van der Waals surface area contributed by atoms with E-state index in [-0.39, 0.29) is 5.41 Å². The number of piperidine rings is 1. The fourth-order valence-electron chi connectivity index (χ4n) is 6.91. The summed E-state index contributed by atoms with van der Waals surface area (Å²) >= 11 is 0. The van der Waals surface area contributed by atoms with Crippen LogP contribution < -0.4 is 5.32 Å². The number of nitrogens with zero attached hydrogens (tertiary/aromatic N) is 1. The molecule has 4 atom stereocenters. The number of aldehydes is 1. The van der Waals surface area contributed by atoms with Crippen molar-refractivity contribution < 1.29 is 9.28 Å². The van der Waals surface area contributed by atoms with Crippen LogP contribution in [0.15, 0.2) is 47.2 Å². The van der Waals surface area contributed by atoms with E-state index >= 15 is 0 Å². The Kier molecular flexibility index (Phi) is 3.87. The quantitative estimate of drug-likeness (QED) is 0.360. The predicted molar refractivity (Wildman–Crippen MR) is 109 cm³/mol. The second-order valence-electron chi connectivity index (χ2n) is 9.04. The topological polar surface area (TPSA) is 29.1 Å². The first-order valence-corrected chi connectivity index (χ1v) is 10.8. The van der Waals surface area contributed by atoms with Crippen LogP contribution in [0.3, 0.4) is 0 Å². The fourth-order valence-corrected chi connectivity index (χ4v) is 6.91. The van der Waals surface area contributed by atoms with Gasteiger partial charge >= 0.3 is 0 Å². The standard InChI is InChI=1S/C24H30N2O/c1-3-5-8-12-26-13-11-24-20-9-6-7-10-21(20)25-23(24)19(16-27)18(14-22(24)26)17(4-2)15-26/h4,6-7,9-10,16,18,22H,3,5,8,11-15H2,1-2H3/p+1/b17-4-. The second-order valence-corrected chi connectivity index (χ2v) is 9.04. The summed E-state index contributed by atoms with van der Waals surface area (Å²) in [5.74, 6) is 0.318. The molecule has 3 nitrogen and oxygen atoms in total. The Bertz CT molecular complexity index is 854. The summed E-state index contributed by atoms with van der Waals surface area (Å²) in [6, 6.07) is 9.41. The molecule has 0 saturated carbocycles. The van der Waals surface area contributed by atoms with E-state index in [1.165, 1.54) is 65.8 Å². The average Bonchev–Trinajstić information content (AvgIpc) is 3.22. The molecule has 4 unspecified atom stereocenters. The van der Waals surface area contributed by atoms with Gasteiger partial charge in [0, 0.05) is 35.7 Å². The molecule has 1 spiro atoms. The summed E-state index contributed by atoms with van der Waals surface area (Å²) in [7, 11) is 0. The number of anilines is 1. The largest absolute Gasteiger partial charge is 0.357 e. The van der Waals surface area contributed by atoms with Crippen molar-refractivity contribution >= 4 is 12.0 Å². The molecular weight excluding hydrogens is 332 g/mol. The number of hydrogen-bond donors (Lipinski definition) is 1. The van der Waals surface area contributed by atoms with Gasteiger partial charge in [-0.1, -0.05) is 37.6 Å². The van der Waals surface area contributed by atoms with Gasteiger partial charge in [-0.15, -0.1) is 0 Å². The molecule has 0 amide bonds. The highest BCUT2D eigenvalue weighted by atomic mass is 16.1. The van der Waals surface area contributed by atoms with Gasteiger partial charge in [-0.2, -0.15) is 0 Å². The van der Waals surface area contributed by atoms with E-state index in [1.54, 1.807) is 0 Å². The minimum Gasteiger partial charge on any atom is -0.357 e. The van der Waals surface area contributed by atoms with Crippen LogP contribution in [0.2, 0.25) is 0 Å². The van der Waals surface area contributed by atoms with E-state index in [0.29, 0.717) is 12.0 Å². The molecule has 3 heteroatoms. The Morgan fingerprint density at radius 3 is 2.93 bits per heavy atom. The maximum Gasteiger partial charge on any atom is 0.148 e. The van der Waals surface area contributed by atoms with Crippen LogP contribution in [0.25, 0.3) is 0 Å². The van der Waals surface area contributed by atoms with Crippen LogP contribution in [-0.2, 0) is 10.2 Å². The lowest BCUT2D eigenvalue weighted by molar-refractivity contribution is -0.941. The van der Waals surface area contributed by atoms with E-state index in [4.69, 9.17) is 0 Å². The zero-order chi connectivity index (χ0) is 18.6. The lowest BCUT2D eigenvalue weighted by Gasteiger charge is -2.53. The molecule has 2 saturated heterocycles. The van der Waals surface area contributed by atoms with Gasteiger partial charge in [0.25, 0.3) is 0 Å². The number of para-hydroxylation sites is 1. The Balaban J connectivity index is 1.71. The highest BCUT2D eigenvalue weighted by Gasteiger charge is 2.68. The summed E-state index contributed by atoms with van der Waals surface area (Å²) in [4.78, 5) is 12.2. The molecule has 142 valence electrons. The van der Waals surface area contributed by atoms with Crippen LogP contribution in [0, 0.1) is 5.92 Å². The number of carbonyl (C=O) groups excluding carboxylic acids is 1. The third-order valence-electron chi connectivity index (χ3n) is 8.07. The fraction of sp³-hybridized carbons (Fsp3) is 0.542. The molecule has 0 aromatic heterocycles. The molecule has 1 aromatic carbocycles. The zero-order valence-electron chi connectivity index (χ0n) is 16.6. The molecule has 3 heterocycles. The molecule has 27 heavy (non-hydrogen) atoms. The van der Waals surface area contributed by atoms with Crippen molar-refractivity contribution in [3.05, 3.63) is 52.7 Å². The van der Waals surface area contributed by atoms with Crippen LogP contribution >= 0.6 is 0 Å². The van der Waals surface area contributed by atoms with Crippen molar-refractivity contribution in [2.45, 2.75) is 57.4 Å². The lowest BCUT2D eigenvalue weighted by Crippen LogP contribution is -2.63. The number of allylic oxidation sites excluding steroid dienone is 2. The van der Waals surface area contributed by atoms with Gasteiger partial charge < -0.3 is 9.80 Å². The maximum absolute atomic E-state index is 12.2. The zero-order valence-corrected chi connectivity index (χ0v) is 16.6. The number of rotatable bonds is 5. The molecule has 1 aliphatic carbocycles. The second kappa shape index (κ2) is 6.07. The molecular formula is C24H31N2O+. The van der Waals surface area contributed by atoms with Crippen molar-refractivity contribution in [2.75, 3.05) is 25.0 Å². The number of carbonyl (C=O) groups is 1. The highest BCUT2D eigenvalue weighted by Crippen LogP contribution is 2.63. The number of nitrogens with one attached hydrogen (secondary N) is 1. The first kappa shape index (κ1) is 17.2. The smallest absolute Gasteiger partial charge is 0.148 e. The van der Waals surface area contributed by atoms with Crippen LogP contribution in [0.4, 0.5) is 5.69 Å². The predicted octanol–water partition coefficient (Wildman–Crippen LogP) is 4.56. The van der Waals surface area contributed by atoms with Crippen molar-refractivity contribution in [1.82, 2.24) is 0 Å². The molecule has 1 N–H and O–H groups in total. The van der Waals surface area contributed by atoms with Gasteiger partial charge in [-0.25, -0.2) is 0 Å². The van der Waals surface area contributed by atoms with Crippen molar-refractivity contribution in [1.29, 1.82) is 0 Å². The van der Waals surface area contributed by atoms with E-state index in [9.17, 15) is 4.79 Å². The number of benzene rings is 1. The lowest BCUT2D eigenvalue weighted by atomic mass is 9.61. The average molecular weight is 364 g/mol. The van der Waals surface area contributed by atoms with Gasteiger partial charge in [-0.3, -0.25) is 4.79 Å². The third kappa shape index (κ3) is 2.09. The molecule has 5 rings (SSSR count). The molecule has 4 aliphatic rings. The highest BCUT2D eigenvalue weighted by molar-refractivity contribution is 5.84. The number of unbranched alkanes of at least 4 members (excludes halogenated alkanes) is 2. The first-order chi connectivity index (χ1) is 13.2. The minimum absolute atomic E-state index is 0.0365. The van der Waals surface area contributed by atoms with E-state index < -0.39 is 0 Å². The summed E-state index contributed by atoms with van der Waals surface area (Å²) in [6.07, 6.45) is 9.70. The normalized spacial score (nSPS) is 37.2. The Morgan fingerprint density at radius 1 is 1.30 bits per heavy atom. The van der Waals surface area contributed by atoms with Gasteiger partial charge in [-0.05, 0) is 37.0 Å².